The second-order valence-electron chi connectivity index (χ2n) is 3.94. The van der Waals surface area contributed by atoms with Gasteiger partial charge in [0.15, 0.2) is 0 Å². The van der Waals surface area contributed by atoms with Crippen molar-refractivity contribution in [3.63, 3.8) is 0 Å². The summed E-state index contributed by atoms with van der Waals surface area (Å²) in [5.74, 6) is 0.866. The van der Waals surface area contributed by atoms with Crippen LogP contribution in [0, 0.1) is 0 Å². The Morgan fingerprint density at radius 2 is 2.22 bits per heavy atom. The lowest BCUT2D eigenvalue weighted by molar-refractivity contribution is 0.317. The van der Waals surface area contributed by atoms with E-state index in [1.165, 1.54) is 11.3 Å². The van der Waals surface area contributed by atoms with E-state index in [0.717, 1.165) is 34.4 Å². The van der Waals surface area contributed by atoms with Crippen molar-refractivity contribution in [2.24, 2.45) is 0 Å². The van der Waals surface area contributed by atoms with Crippen molar-refractivity contribution in [2.75, 3.05) is 6.61 Å². The van der Waals surface area contributed by atoms with Crippen LogP contribution in [0.25, 0.3) is 10.6 Å². The Labute approximate surface area is 116 Å². The first-order valence-electron chi connectivity index (χ1n) is 5.91. The highest BCUT2D eigenvalue weighted by molar-refractivity contribution is 7.15. The molecular weight excluding hydrogens is 268 g/mol. The third-order valence-electron chi connectivity index (χ3n) is 2.33. The van der Waals surface area contributed by atoms with E-state index in [2.05, 4.69) is 17.1 Å². The molecule has 1 unspecified atom stereocenters. The quantitative estimate of drug-likeness (QED) is 0.767. The zero-order chi connectivity index (χ0) is 13.0. The second kappa shape index (κ2) is 6.16. The van der Waals surface area contributed by atoms with Gasteiger partial charge in [-0.3, -0.25) is 0 Å². The first-order chi connectivity index (χ1) is 8.70. The highest BCUT2D eigenvalue weighted by atomic mass is 35.5. The van der Waals surface area contributed by atoms with Gasteiger partial charge < -0.3 is 4.74 Å². The van der Waals surface area contributed by atoms with Gasteiger partial charge in [-0.2, -0.15) is 0 Å². The van der Waals surface area contributed by atoms with Crippen LogP contribution in [0.2, 0.25) is 0 Å². The number of aromatic nitrogens is 2. The Hall–Kier alpha value is -1.13. The van der Waals surface area contributed by atoms with Crippen LogP contribution >= 0.6 is 22.9 Å². The SMILES string of the molecule is CCCOc1cccc(-c2nnc(C(C)Cl)s2)c1. The lowest BCUT2D eigenvalue weighted by Crippen LogP contribution is -1.94. The van der Waals surface area contributed by atoms with Crippen LogP contribution < -0.4 is 4.74 Å². The van der Waals surface area contributed by atoms with E-state index >= 15 is 0 Å². The van der Waals surface area contributed by atoms with Crippen LogP contribution in [0.15, 0.2) is 24.3 Å². The molecule has 18 heavy (non-hydrogen) atoms. The topological polar surface area (TPSA) is 35.0 Å². The molecule has 0 saturated carbocycles. The summed E-state index contributed by atoms with van der Waals surface area (Å²) in [4.78, 5) is 0. The smallest absolute Gasteiger partial charge is 0.147 e. The maximum Gasteiger partial charge on any atom is 0.147 e. The van der Waals surface area contributed by atoms with Crippen molar-refractivity contribution in [3.8, 4) is 16.3 Å². The summed E-state index contributed by atoms with van der Waals surface area (Å²) in [5, 5.41) is 9.85. The summed E-state index contributed by atoms with van der Waals surface area (Å²) in [6.07, 6.45) is 0.997. The van der Waals surface area contributed by atoms with Crippen LogP contribution in [-0.4, -0.2) is 16.8 Å². The molecule has 0 bridgehead atoms. The van der Waals surface area contributed by atoms with Crippen molar-refractivity contribution in [1.82, 2.24) is 10.2 Å². The fourth-order valence-electron chi connectivity index (χ4n) is 1.45. The number of halogens is 1. The number of hydrogen-bond acceptors (Lipinski definition) is 4. The molecule has 1 heterocycles. The van der Waals surface area contributed by atoms with Gasteiger partial charge in [0.05, 0.1) is 12.0 Å². The monoisotopic (exact) mass is 282 g/mol. The predicted octanol–water partition coefficient (Wildman–Crippen LogP) is 4.29. The molecule has 1 aromatic carbocycles. The van der Waals surface area contributed by atoms with Crippen LogP contribution in [0.1, 0.15) is 30.7 Å². The molecule has 1 atom stereocenters. The fraction of sp³-hybridized carbons (Fsp3) is 0.385. The number of benzene rings is 1. The zero-order valence-electron chi connectivity index (χ0n) is 10.4. The van der Waals surface area contributed by atoms with Gasteiger partial charge in [0, 0.05) is 5.56 Å². The fourth-order valence-corrected chi connectivity index (χ4v) is 2.40. The van der Waals surface area contributed by atoms with Gasteiger partial charge in [0.25, 0.3) is 0 Å². The molecule has 0 aliphatic heterocycles. The highest BCUT2D eigenvalue weighted by Crippen LogP contribution is 2.30. The summed E-state index contributed by atoms with van der Waals surface area (Å²) in [7, 11) is 0. The predicted molar refractivity (Wildman–Crippen MR) is 75.4 cm³/mol. The lowest BCUT2D eigenvalue weighted by atomic mass is 10.2. The maximum atomic E-state index is 5.99. The molecule has 5 heteroatoms. The van der Waals surface area contributed by atoms with Gasteiger partial charge in [0.1, 0.15) is 15.8 Å². The first kappa shape index (κ1) is 13.3. The van der Waals surface area contributed by atoms with Gasteiger partial charge in [-0.25, -0.2) is 0 Å². The van der Waals surface area contributed by atoms with Gasteiger partial charge in [0.2, 0.25) is 0 Å². The molecule has 0 aliphatic rings. The number of nitrogens with zero attached hydrogens (tertiary/aromatic N) is 2. The summed E-state index contributed by atoms with van der Waals surface area (Å²) in [6, 6.07) is 7.90. The van der Waals surface area contributed by atoms with E-state index in [4.69, 9.17) is 16.3 Å². The van der Waals surface area contributed by atoms with E-state index in [0.29, 0.717) is 0 Å². The average molecular weight is 283 g/mol. The number of alkyl halides is 1. The van der Waals surface area contributed by atoms with E-state index in [1.54, 1.807) is 0 Å². The Kier molecular flexibility index (Phi) is 4.55. The van der Waals surface area contributed by atoms with Gasteiger partial charge in [-0.15, -0.1) is 21.8 Å². The maximum absolute atomic E-state index is 5.99. The molecule has 96 valence electrons. The second-order valence-corrected chi connectivity index (χ2v) is 5.60. The van der Waals surface area contributed by atoms with Crippen molar-refractivity contribution in [3.05, 3.63) is 29.3 Å². The van der Waals surface area contributed by atoms with Crippen molar-refractivity contribution in [1.29, 1.82) is 0 Å². The largest absolute Gasteiger partial charge is 0.494 e. The zero-order valence-corrected chi connectivity index (χ0v) is 12.0. The minimum Gasteiger partial charge on any atom is -0.494 e. The summed E-state index contributed by atoms with van der Waals surface area (Å²) in [5.41, 5.74) is 1.02. The average Bonchev–Trinajstić information content (AvgIpc) is 2.86. The van der Waals surface area contributed by atoms with E-state index < -0.39 is 0 Å². The molecule has 1 aromatic heterocycles. The van der Waals surface area contributed by atoms with Crippen molar-refractivity contribution >= 4 is 22.9 Å². The van der Waals surface area contributed by atoms with Crippen molar-refractivity contribution in [2.45, 2.75) is 25.6 Å². The van der Waals surface area contributed by atoms with Crippen LogP contribution in [-0.2, 0) is 0 Å². The highest BCUT2D eigenvalue weighted by Gasteiger charge is 2.11. The molecule has 0 saturated heterocycles. The molecule has 2 aromatic rings. The molecule has 0 radical (unpaired) electrons. The normalized spacial score (nSPS) is 12.4. The minimum absolute atomic E-state index is 0.101. The summed E-state index contributed by atoms with van der Waals surface area (Å²) < 4.78 is 5.60. The van der Waals surface area contributed by atoms with Crippen LogP contribution in [0.4, 0.5) is 0 Å². The number of ether oxygens (including phenoxy) is 1. The van der Waals surface area contributed by atoms with E-state index in [-0.39, 0.29) is 5.38 Å². The van der Waals surface area contributed by atoms with Gasteiger partial charge >= 0.3 is 0 Å². The molecule has 0 fully saturated rings. The standard InChI is InChI=1S/C13H15ClN2OS/c1-3-7-17-11-6-4-5-10(8-11)13-16-15-12(18-13)9(2)14/h4-6,8-9H,3,7H2,1-2H3. The summed E-state index contributed by atoms with van der Waals surface area (Å²) in [6.45, 7) is 4.71. The Bertz CT molecular complexity index is 513. The molecule has 0 N–H and O–H groups in total. The third kappa shape index (κ3) is 3.21. The minimum atomic E-state index is -0.101. The third-order valence-corrected chi connectivity index (χ3v) is 3.83. The molecule has 0 amide bonds. The van der Waals surface area contributed by atoms with Crippen molar-refractivity contribution < 1.29 is 4.74 Å². The Morgan fingerprint density at radius 1 is 1.39 bits per heavy atom. The molecule has 2 rings (SSSR count). The Balaban J connectivity index is 2.21. The Morgan fingerprint density at radius 3 is 2.89 bits per heavy atom. The van der Waals surface area contributed by atoms with Gasteiger partial charge in [-0.05, 0) is 25.5 Å². The molecule has 0 spiro atoms. The van der Waals surface area contributed by atoms with Crippen LogP contribution in [0.5, 0.6) is 5.75 Å². The number of hydrogen-bond donors (Lipinski definition) is 0. The van der Waals surface area contributed by atoms with Crippen LogP contribution in [0.3, 0.4) is 0 Å². The first-order valence-corrected chi connectivity index (χ1v) is 7.16. The molecule has 3 nitrogen and oxygen atoms in total. The summed E-state index contributed by atoms with van der Waals surface area (Å²) >= 11 is 7.50. The van der Waals surface area contributed by atoms with E-state index in [1.807, 2.05) is 31.2 Å². The van der Waals surface area contributed by atoms with E-state index in [9.17, 15) is 0 Å². The number of rotatable bonds is 5. The molecule has 0 aliphatic carbocycles. The molecular formula is C13H15ClN2OS. The van der Waals surface area contributed by atoms with Gasteiger partial charge in [-0.1, -0.05) is 30.4 Å². The lowest BCUT2D eigenvalue weighted by Gasteiger charge is -2.05.